The van der Waals surface area contributed by atoms with Crippen molar-refractivity contribution in [2.75, 3.05) is 6.66 Å². The first-order valence-corrected chi connectivity index (χ1v) is 19.9. The molecule has 1 aliphatic rings. The Kier molecular flexibility index (Phi) is 7.28. The zero-order chi connectivity index (χ0) is 35.5. The molecule has 0 N–H and O–H groups in total. The molecule has 1 unspecified atom stereocenters. The van der Waals surface area contributed by atoms with E-state index in [2.05, 4.69) is 97.1 Å². The van der Waals surface area contributed by atoms with Crippen LogP contribution in [0.3, 0.4) is 0 Å². The highest BCUT2D eigenvalue weighted by molar-refractivity contribution is 7.79. The first-order valence-electron chi connectivity index (χ1n) is 17.8. The lowest BCUT2D eigenvalue weighted by molar-refractivity contribution is 0.591. The van der Waals surface area contributed by atoms with Crippen LogP contribution in [-0.4, -0.2) is 21.6 Å². The van der Waals surface area contributed by atoms with E-state index in [1.807, 2.05) is 85.5 Å². The number of aromatic nitrogens is 3. The number of hydrogen-bond donors (Lipinski definition) is 0. The maximum Gasteiger partial charge on any atom is 0.164 e. The molecular formula is C48H32N3OP. The maximum atomic E-state index is 14.0. The first-order chi connectivity index (χ1) is 26.0. The molecule has 8 aromatic carbocycles. The molecule has 0 saturated heterocycles. The fourth-order valence-electron chi connectivity index (χ4n) is 7.96. The zero-order valence-corrected chi connectivity index (χ0v) is 29.8. The van der Waals surface area contributed by atoms with Crippen LogP contribution in [0.25, 0.3) is 89.1 Å². The van der Waals surface area contributed by atoms with Crippen molar-refractivity contribution in [2.24, 2.45) is 0 Å². The molecular weight excluding hydrogens is 666 g/mol. The lowest BCUT2D eigenvalue weighted by Crippen LogP contribution is -2.07. The molecule has 1 aliphatic heterocycles. The smallest absolute Gasteiger partial charge is 0.164 e. The van der Waals surface area contributed by atoms with Crippen LogP contribution in [0, 0.1) is 0 Å². The van der Waals surface area contributed by atoms with Gasteiger partial charge in [-0.25, -0.2) is 15.0 Å². The summed E-state index contributed by atoms with van der Waals surface area (Å²) >= 11 is 0. The number of hydrogen-bond acceptors (Lipinski definition) is 4. The second kappa shape index (κ2) is 12.3. The number of fused-ring (bicyclic) bond motifs is 5. The molecule has 4 nitrogen and oxygen atoms in total. The second-order valence-electron chi connectivity index (χ2n) is 13.6. The third-order valence-electron chi connectivity index (χ3n) is 10.5. The predicted molar refractivity (Wildman–Crippen MR) is 220 cm³/mol. The van der Waals surface area contributed by atoms with Crippen LogP contribution in [0.2, 0.25) is 0 Å². The number of benzene rings is 8. The Morgan fingerprint density at radius 3 is 1.26 bits per heavy atom. The summed E-state index contributed by atoms with van der Waals surface area (Å²) < 4.78 is 14.0. The highest BCUT2D eigenvalue weighted by atomic mass is 31.2. The van der Waals surface area contributed by atoms with Crippen LogP contribution < -0.4 is 10.6 Å². The van der Waals surface area contributed by atoms with Crippen LogP contribution in [0.5, 0.6) is 0 Å². The monoisotopic (exact) mass is 697 g/mol. The Bertz CT molecular complexity index is 2810. The largest absolute Gasteiger partial charge is 0.314 e. The lowest BCUT2D eigenvalue weighted by atomic mass is 9.85. The van der Waals surface area contributed by atoms with Gasteiger partial charge in [0.05, 0.1) is 0 Å². The third kappa shape index (κ3) is 5.14. The van der Waals surface area contributed by atoms with Crippen LogP contribution in [0.15, 0.2) is 176 Å². The minimum atomic E-state index is -2.65. The molecule has 2 heterocycles. The SMILES string of the molecule is CP1(=O)c2ccccc2-c2cc(-c3c4ccccc4c(-c4ccc(-c5nc(-c6ccccc6)nc(-c6ccccc6)n5)cc4)c4ccccc34)ccc21. The summed E-state index contributed by atoms with van der Waals surface area (Å²) in [5.41, 5.74) is 9.55. The van der Waals surface area contributed by atoms with E-state index in [1.54, 1.807) is 0 Å². The highest BCUT2D eigenvalue weighted by Gasteiger charge is 2.34. The number of nitrogens with zero attached hydrogens (tertiary/aromatic N) is 3. The van der Waals surface area contributed by atoms with Crippen molar-refractivity contribution in [1.82, 2.24) is 15.0 Å². The van der Waals surface area contributed by atoms with Gasteiger partial charge in [0.1, 0.15) is 7.14 Å². The molecule has 5 heteroatoms. The van der Waals surface area contributed by atoms with Gasteiger partial charge in [-0.05, 0) is 73.7 Å². The lowest BCUT2D eigenvalue weighted by Gasteiger charge is -2.18. The molecule has 53 heavy (non-hydrogen) atoms. The van der Waals surface area contributed by atoms with E-state index in [9.17, 15) is 4.57 Å². The van der Waals surface area contributed by atoms with Gasteiger partial charge in [0.15, 0.2) is 17.5 Å². The van der Waals surface area contributed by atoms with Crippen LogP contribution in [-0.2, 0) is 4.57 Å². The maximum absolute atomic E-state index is 14.0. The van der Waals surface area contributed by atoms with Gasteiger partial charge in [0.25, 0.3) is 0 Å². The Morgan fingerprint density at radius 1 is 0.358 bits per heavy atom. The van der Waals surface area contributed by atoms with Gasteiger partial charge in [-0.3, -0.25) is 0 Å². The van der Waals surface area contributed by atoms with Gasteiger partial charge in [0.2, 0.25) is 0 Å². The molecule has 0 radical (unpaired) electrons. The van der Waals surface area contributed by atoms with Crippen LogP contribution >= 0.6 is 7.14 Å². The molecule has 0 fully saturated rings. The van der Waals surface area contributed by atoms with Crippen molar-refractivity contribution in [1.29, 1.82) is 0 Å². The van der Waals surface area contributed by atoms with E-state index in [0.717, 1.165) is 49.6 Å². The molecule has 0 aliphatic carbocycles. The minimum Gasteiger partial charge on any atom is -0.314 e. The third-order valence-corrected chi connectivity index (χ3v) is 13.1. The van der Waals surface area contributed by atoms with Crippen molar-refractivity contribution in [3.63, 3.8) is 0 Å². The summed E-state index contributed by atoms with van der Waals surface area (Å²) in [4.78, 5) is 14.8. The Labute approximate surface area is 307 Å². The standard InChI is InChI=1S/C48H32N3OP/c1-53(52)42-23-13-12-18-36(42)41-30-35(28-29-43(41)53)45-39-21-10-8-19-37(39)44(38-20-9-11-22-40(38)45)31-24-26-34(27-25-31)48-50-46(32-14-4-2-5-15-32)49-47(51-48)33-16-6-3-7-17-33/h2-30H,1H3. The van der Waals surface area contributed by atoms with E-state index >= 15 is 0 Å². The molecule has 0 bridgehead atoms. The molecule has 10 rings (SSSR count). The summed E-state index contributed by atoms with van der Waals surface area (Å²) in [5.74, 6) is 1.91. The summed E-state index contributed by atoms with van der Waals surface area (Å²) in [6, 6.07) is 60.7. The van der Waals surface area contributed by atoms with E-state index in [1.165, 1.54) is 32.7 Å². The van der Waals surface area contributed by atoms with Gasteiger partial charge in [-0.1, -0.05) is 164 Å². The minimum absolute atomic E-state index is 0.629. The summed E-state index contributed by atoms with van der Waals surface area (Å²) in [7, 11) is -2.65. The highest BCUT2D eigenvalue weighted by Crippen LogP contribution is 2.51. The van der Waals surface area contributed by atoms with E-state index in [0.29, 0.717) is 17.5 Å². The van der Waals surface area contributed by atoms with Crippen LogP contribution in [0.1, 0.15) is 0 Å². The molecule has 0 spiro atoms. The topological polar surface area (TPSA) is 55.7 Å². The van der Waals surface area contributed by atoms with Gasteiger partial charge in [-0.15, -0.1) is 0 Å². The van der Waals surface area contributed by atoms with Gasteiger partial charge < -0.3 is 4.57 Å². The fraction of sp³-hybridized carbons (Fsp3) is 0.0208. The van der Waals surface area contributed by atoms with Gasteiger partial charge in [0, 0.05) is 27.3 Å². The zero-order valence-electron chi connectivity index (χ0n) is 28.9. The van der Waals surface area contributed by atoms with Crippen molar-refractivity contribution in [3.05, 3.63) is 176 Å². The normalized spacial score (nSPS) is 14.7. The average Bonchev–Trinajstić information content (AvgIpc) is 3.45. The molecule has 250 valence electrons. The molecule has 9 aromatic rings. The van der Waals surface area contributed by atoms with Crippen LogP contribution in [0.4, 0.5) is 0 Å². The van der Waals surface area contributed by atoms with Crippen molar-refractivity contribution >= 4 is 39.3 Å². The van der Waals surface area contributed by atoms with Crippen molar-refractivity contribution in [3.8, 4) is 67.5 Å². The fourth-order valence-corrected chi connectivity index (χ4v) is 10.2. The quantitative estimate of drug-likeness (QED) is 0.133. The molecule has 0 amide bonds. The Morgan fingerprint density at radius 2 is 0.736 bits per heavy atom. The van der Waals surface area contributed by atoms with Crippen molar-refractivity contribution < 1.29 is 4.57 Å². The van der Waals surface area contributed by atoms with E-state index in [-0.39, 0.29) is 0 Å². The van der Waals surface area contributed by atoms with E-state index in [4.69, 9.17) is 15.0 Å². The van der Waals surface area contributed by atoms with Gasteiger partial charge in [-0.2, -0.15) is 0 Å². The summed E-state index contributed by atoms with van der Waals surface area (Å²) in [5, 5.41) is 6.59. The first kappa shape index (κ1) is 31.3. The van der Waals surface area contributed by atoms with E-state index < -0.39 is 7.14 Å². The molecule has 1 aromatic heterocycles. The average molecular weight is 698 g/mol. The molecule has 0 saturated carbocycles. The summed E-state index contributed by atoms with van der Waals surface area (Å²) in [6.45, 7) is 1.90. The molecule has 1 atom stereocenters. The summed E-state index contributed by atoms with van der Waals surface area (Å²) in [6.07, 6.45) is 0. The predicted octanol–water partition coefficient (Wildman–Crippen LogP) is 11.4. The Hall–Kier alpha value is -6.48. The second-order valence-corrected chi connectivity index (χ2v) is 16.4. The van der Waals surface area contributed by atoms with Gasteiger partial charge >= 0.3 is 0 Å². The Balaban J connectivity index is 1.13. The number of rotatable bonds is 5. The van der Waals surface area contributed by atoms with Crippen molar-refractivity contribution in [2.45, 2.75) is 0 Å².